The van der Waals surface area contributed by atoms with E-state index >= 15 is 0 Å². The van der Waals surface area contributed by atoms with Crippen molar-refractivity contribution >= 4 is 44.8 Å². The van der Waals surface area contributed by atoms with Crippen LogP contribution in [0.1, 0.15) is 19.4 Å². The van der Waals surface area contributed by atoms with Gasteiger partial charge in [0.05, 0.1) is 28.5 Å². The number of fused-ring (bicyclic) bond motifs is 1. The zero-order valence-electron chi connectivity index (χ0n) is 18.1. The van der Waals surface area contributed by atoms with Crippen LogP contribution < -0.4 is 10.2 Å². The van der Waals surface area contributed by atoms with Gasteiger partial charge in [0.1, 0.15) is 12.4 Å². The topological polar surface area (TPSA) is 96.0 Å². The monoisotopic (exact) mass is 495 g/mol. The zero-order chi connectivity index (χ0) is 24.0. The summed E-state index contributed by atoms with van der Waals surface area (Å²) >= 11 is 5.75. The Hall–Kier alpha value is -2.53. The highest BCUT2D eigenvalue weighted by Crippen LogP contribution is 2.42. The first-order valence-corrected chi connectivity index (χ1v) is 12.1. The maximum Gasteiger partial charge on any atom is 0.244 e. The van der Waals surface area contributed by atoms with Gasteiger partial charge in [-0.05, 0) is 55.8 Å². The summed E-state index contributed by atoms with van der Waals surface area (Å²) in [7, 11) is -3.74. The summed E-state index contributed by atoms with van der Waals surface area (Å²) in [5, 5.41) is 2.46. The van der Waals surface area contributed by atoms with Crippen LogP contribution in [0.2, 0.25) is 5.02 Å². The molecule has 0 bridgehead atoms. The molecule has 11 heteroatoms. The van der Waals surface area contributed by atoms with Gasteiger partial charge in [-0.15, -0.1) is 0 Å². The number of morpholine rings is 1. The van der Waals surface area contributed by atoms with E-state index in [1.54, 1.807) is 19.9 Å². The van der Waals surface area contributed by atoms with Crippen LogP contribution in [0, 0.1) is 5.82 Å². The predicted octanol–water partition coefficient (Wildman–Crippen LogP) is 2.76. The molecule has 2 amide bonds. The van der Waals surface area contributed by atoms with Gasteiger partial charge >= 0.3 is 0 Å². The number of carbonyl (C=O) groups is 2. The van der Waals surface area contributed by atoms with Crippen molar-refractivity contribution in [1.82, 2.24) is 4.31 Å². The average molecular weight is 496 g/mol. The van der Waals surface area contributed by atoms with E-state index in [0.717, 1.165) is 6.07 Å². The number of hydrogen-bond acceptors (Lipinski definition) is 5. The molecule has 2 aromatic rings. The van der Waals surface area contributed by atoms with E-state index in [9.17, 15) is 22.4 Å². The van der Waals surface area contributed by atoms with E-state index in [-0.39, 0.29) is 35.5 Å². The van der Waals surface area contributed by atoms with Crippen LogP contribution in [0.25, 0.3) is 0 Å². The summed E-state index contributed by atoms with van der Waals surface area (Å²) in [5.74, 6) is -1.44. The van der Waals surface area contributed by atoms with E-state index < -0.39 is 27.2 Å². The second kappa shape index (κ2) is 8.68. The van der Waals surface area contributed by atoms with E-state index in [0.29, 0.717) is 30.2 Å². The fourth-order valence-electron chi connectivity index (χ4n) is 3.98. The van der Waals surface area contributed by atoms with Gasteiger partial charge in [-0.1, -0.05) is 11.6 Å². The molecular formula is C22H23ClFN3O5S. The van der Waals surface area contributed by atoms with E-state index in [2.05, 4.69) is 5.32 Å². The normalized spacial score (nSPS) is 18.3. The van der Waals surface area contributed by atoms with Crippen molar-refractivity contribution in [2.75, 3.05) is 43.1 Å². The van der Waals surface area contributed by atoms with Crippen molar-refractivity contribution in [3.05, 3.63) is 52.8 Å². The lowest BCUT2D eigenvalue weighted by molar-refractivity contribution is -0.124. The van der Waals surface area contributed by atoms with Gasteiger partial charge in [-0.3, -0.25) is 9.59 Å². The molecule has 2 aliphatic heterocycles. The van der Waals surface area contributed by atoms with Crippen molar-refractivity contribution in [3.63, 3.8) is 0 Å². The number of nitrogens with one attached hydrogen (secondary N) is 1. The second-order valence-electron chi connectivity index (χ2n) is 8.39. The maximum absolute atomic E-state index is 13.4. The van der Waals surface area contributed by atoms with Crippen LogP contribution in [0.3, 0.4) is 0 Å². The Kier molecular flexibility index (Phi) is 6.21. The Morgan fingerprint density at radius 1 is 1.18 bits per heavy atom. The molecule has 176 valence electrons. The van der Waals surface area contributed by atoms with Crippen LogP contribution in [-0.2, 0) is 29.8 Å². The molecule has 0 aliphatic carbocycles. The minimum Gasteiger partial charge on any atom is -0.379 e. The fraction of sp³-hybridized carbons (Fsp3) is 0.364. The molecule has 1 N–H and O–H groups in total. The lowest BCUT2D eigenvalue weighted by Crippen LogP contribution is -2.41. The Balaban J connectivity index is 1.59. The summed E-state index contributed by atoms with van der Waals surface area (Å²) < 4.78 is 46.1. The van der Waals surface area contributed by atoms with Crippen LogP contribution in [-0.4, -0.2) is 57.4 Å². The third-order valence-corrected chi connectivity index (χ3v) is 8.01. The molecule has 2 aromatic carbocycles. The summed E-state index contributed by atoms with van der Waals surface area (Å²) in [4.78, 5) is 27.2. The number of nitrogens with zero attached hydrogens (tertiary/aromatic N) is 2. The lowest BCUT2D eigenvalue weighted by atomic mass is 9.86. The molecule has 4 rings (SSSR count). The first kappa shape index (κ1) is 23.6. The molecule has 0 radical (unpaired) electrons. The lowest BCUT2D eigenvalue weighted by Gasteiger charge is -2.26. The molecule has 2 heterocycles. The number of amides is 2. The van der Waals surface area contributed by atoms with Gasteiger partial charge in [-0.25, -0.2) is 12.8 Å². The molecule has 0 spiro atoms. The standard InChI is InChI=1S/C22H23ClFN3O5S/c1-22(2)16-12-15(33(30,31)26-7-9-32-10-8-26)4-6-19(16)27(21(22)29)13-20(28)25-14-3-5-18(24)17(23)11-14/h3-6,11-12H,7-10,13H2,1-2H3,(H,25,28). The average Bonchev–Trinajstić information content (AvgIpc) is 2.97. The van der Waals surface area contributed by atoms with Gasteiger partial charge < -0.3 is 15.0 Å². The molecule has 0 aromatic heterocycles. The molecule has 0 saturated carbocycles. The Morgan fingerprint density at radius 2 is 1.88 bits per heavy atom. The van der Waals surface area contributed by atoms with Crippen molar-refractivity contribution < 1.29 is 27.1 Å². The van der Waals surface area contributed by atoms with Crippen LogP contribution in [0.15, 0.2) is 41.3 Å². The van der Waals surface area contributed by atoms with Crippen molar-refractivity contribution in [1.29, 1.82) is 0 Å². The molecule has 1 fully saturated rings. The van der Waals surface area contributed by atoms with E-state index in [1.807, 2.05) is 0 Å². The first-order chi connectivity index (χ1) is 15.5. The Bertz CT molecular complexity index is 1230. The predicted molar refractivity (Wildman–Crippen MR) is 121 cm³/mol. The summed E-state index contributed by atoms with van der Waals surface area (Å²) in [6.45, 7) is 4.28. The number of carbonyl (C=O) groups excluding carboxylic acids is 2. The van der Waals surface area contributed by atoms with Crippen molar-refractivity contribution in [2.45, 2.75) is 24.2 Å². The van der Waals surface area contributed by atoms with Gasteiger partial charge in [0, 0.05) is 24.5 Å². The van der Waals surface area contributed by atoms with Crippen molar-refractivity contribution in [2.24, 2.45) is 0 Å². The quantitative estimate of drug-likeness (QED) is 0.688. The number of hydrogen-bond donors (Lipinski definition) is 1. The summed E-state index contributed by atoms with van der Waals surface area (Å²) in [6, 6.07) is 8.29. The number of anilines is 2. The number of rotatable bonds is 5. The van der Waals surface area contributed by atoms with E-state index in [1.165, 1.54) is 33.5 Å². The Labute approximate surface area is 196 Å². The number of benzene rings is 2. The summed E-state index contributed by atoms with van der Waals surface area (Å²) in [5.41, 5.74) is 0.271. The van der Waals surface area contributed by atoms with Gasteiger partial charge in [-0.2, -0.15) is 4.31 Å². The highest BCUT2D eigenvalue weighted by atomic mass is 35.5. The molecule has 2 aliphatic rings. The highest BCUT2D eigenvalue weighted by Gasteiger charge is 2.45. The zero-order valence-corrected chi connectivity index (χ0v) is 19.7. The molecule has 0 unspecified atom stereocenters. The largest absolute Gasteiger partial charge is 0.379 e. The third kappa shape index (κ3) is 4.35. The highest BCUT2D eigenvalue weighted by molar-refractivity contribution is 7.89. The number of halogens is 2. The SMILES string of the molecule is CC1(C)C(=O)N(CC(=O)Nc2ccc(F)c(Cl)c2)c2ccc(S(=O)(=O)N3CCOCC3)cc21. The van der Waals surface area contributed by atoms with Crippen LogP contribution >= 0.6 is 11.6 Å². The third-order valence-electron chi connectivity index (χ3n) is 5.82. The molecular weight excluding hydrogens is 473 g/mol. The van der Waals surface area contributed by atoms with Gasteiger partial charge in [0.15, 0.2) is 0 Å². The smallest absolute Gasteiger partial charge is 0.244 e. The maximum atomic E-state index is 13.4. The Morgan fingerprint density at radius 3 is 2.55 bits per heavy atom. The number of ether oxygens (including phenoxy) is 1. The van der Waals surface area contributed by atoms with Crippen molar-refractivity contribution in [3.8, 4) is 0 Å². The minimum absolute atomic E-state index is 0.0938. The van der Waals surface area contributed by atoms with Gasteiger partial charge in [0.2, 0.25) is 21.8 Å². The van der Waals surface area contributed by atoms with Gasteiger partial charge in [0.25, 0.3) is 0 Å². The molecule has 0 atom stereocenters. The minimum atomic E-state index is -3.74. The van der Waals surface area contributed by atoms with Crippen LogP contribution in [0.5, 0.6) is 0 Å². The molecule has 8 nitrogen and oxygen atoms in total. The number of sulfonamides is 1. The molecule has 33 heavy (non-hydrogen) atoms. The fourth-order valence-corrected chi connectivity index (χ4v) is 5.60. The van der Waals surface area contributed by atoms with E-state index in [4.69, 9.17) is 16.3 Å². The molecule has 1 saturated heterocycles. The first-order valence-electron chi connectivity index (χ1n) is 10.3. The van der Waals surface area contributed by atoms with Crippen LogP contribution in [0.4, 0.5) is 15.8 Å². The summed E-state index contributed by atoms with van der Waals surface area (Å²) in [6.07, 6.45) is 0. The second-order valence-corrected chi connectivity index (χ2v) is 10.7.